The van der Waals surface area contributed by atoms with E-state index in [-0.39, 0.29) is 10.6 Å². The highest BCUT2D eigenvalue weighted by Crippen LogP contribution is 2.28. The number of hydrogen-bond donors (Lipinski definition) is 1. The Balaban J connectivity index is 2.74. The Morgan fingerprint density at radius 1 is 1.33 bits per heavy atom. The highest BCUT2D eigenvalue weighted by molar-refractivity contribution is 5.48. The number of ether oxygens (including phenoxy) is 1. The third-order valence-corrected chi connectivity index (χ3v) is 3.32. The third kappa shape index (κ3) is 6.12. The monoisotopic (exact) mass is 294 g/mol. The maximum Gasteiger partial charge on any atom is 0.311 e. The van der Waals surface area contributed by atoms with Crippen LogP contribution in [0.15, 0.2) is 18.2 Å². The lowest BCUT2D eigenvalue weighted by Crippen LogP contribution is -2.19. The van der Waals surface area contributed by atoms with E-state index in [4.69, 9.17) is 4.74 Å². The second kappa shape index (κ2) is 8.62. The van der Waals surface area contributed by atoms with Gasteiger partial charge in [-0.1, -0.05) is 40.2 Å². The Labute approximate surface area is 126 Å². The third-order valence-electron chi connectivity index (χ3n) is 3.32. The number of nitrogens with one attached hydrogen (secondary N) is 1. The van der Waals surface area contributed by atoms with Gasteiger partial charge < -0.3 is 10.1 Å². The molecule has 0 amide bonds. The molecule has 0 bridgehead atoms. The van der Waals surface area contributed by atoms with Gasteiger partial charge in [0.15, 0.2) is 5.75 Å². The molecule has 0 saturated carbocycles. The first-order chi connectivity index (χ1) is 9.93. The zero-order valence-electron chi connectivity index (χ0n) is 13.4. The first-order valence-electron chi connectivity index (χ1n) is 7.54. The van der Waals surface area contributed by atoms with E-state index in [1.807, 2.05) is 6.07 Å². The molecule has 1 rings (SSSR count). The molecule has 0 fully saturated rings. The maximum absolute atomic E-state index is 11.2. The molecule has 21 heavy (non-hydrogen) atoms. The highest BCUT2D eigenvalue weighted by Gasteiger charge is 2.16. The quantitative estimate of drug-likeness (QED) is 0.556. The molecule has 0 aliphatic carbocycles. The molecule has 0 radical (unpaired) electrons. The van der Waals surface area contributed by atoms with Crippen molar-refractivity contribution in [2.75, 3.05) is 13.2 Å². The van der Waals surface area contributed by atoms with Gasteiger partial charge in [-0.3, -0.25) is 10.1 Å². The van der Waals surface area contributed by atoms with Crippen molar-refractivity contribution < 1.29 is 9.66 Å². The van der Waals surface area contributed by atoms with E-state index in [1.54, 1.807) is 12.1 Å². The lowest BCUT2D eigenvalue weighted by molar-refractivity contribution is -0.386. The molecule has 0 spiro atoms. The fraction of sp³-hybridized carbons (Fsp3) is 0.625. The SMILES string of the molecule is CCC(C)COc1ccc(CNCC(C)C)cc1[N+](=O)[O-]. The minimum atomic E-state index is -0.377. The molecule has 0 saturated heterocycles. The summed E-state index contributed by atoms with van der Waals surface area (Å²) in [5, 5.41) is 14.5. The van der Waals surface area contributed by atoms with Crippen LogP contribution in [0.5, 0.6) is 5.75 Å². The van der Waals surface area contributed by atoms with E-state index < -0.39 is 0 Å². The summed E-state index contributed by atoms with van der Waals surface area (Å²) >= 11 is 0. The van der Waals surface area contributed by atoms with Crippen molar-refractivity contribution in [1.29, 1.82) is 0 Å². The van der Waals surface area contributed by atoms with Gasteiger partial charge in [0, 0.05) is 12.6 Å². The number of benzene rings is 1. The van der Waals surface area contributed by atoms with Crippen molar-refractivity contribution in [3.05, 3.63) is 33.9 Å². The van der Waals surface area contributed by atoms with E-state index in [9.17, 15) is 10.1 Å². The van der Waals surface area contributed by atoms with Crippen molar-refractivity contribution in [1.82, 2.24) is 5.32 Å². The topological polar surface area (TPSA) is 64.4 Å². The molecule has 1 unspecified atom stereocenters. The Kier molecular flexibility index (Phi) is 7.15. The Morgan fingerprint density at radius 2 is 2.05 bits per heavy atom. The highest BCUT2D eigenvalue weighted by atomic mass is 16.6. The summed E-state index contributed by atoms with van der Waals surface area (Å²) in [6.45, 7) is 10.4. The Bertz CT molecular complexity index is 461. The molecule has 0 aliphatic rings. The second-order valence-electron chi connectivity index (χ2n) is 5.91. The van der Waals surface area contributed by atoms with Gasteiger partial charge >= 0.3 is 5.69 Å². The van der Waals surface area contributed by atoms with Gasteiger partial charge in [-0.2, -0.15) is 0 Å². The zero-order chi connectivity index (χ0) is 15.8. The predicted molar refractivity (Wildman–Crippen MR) is 84.6 cm³/mol. The molecule has 0 aliphatic heterocycles. The van der Waals surface area contributed by atoms with E-state index >= 15 is 0 Å². The first kappa shape index (κ1) is 17.4. The average Bonchev–Trinajstić information content (AvgIpc) is 2.44. The van der Waals surface area contributed by atoms with Gasteiger partial charge in [0.1, 0.15) is 0 Å². The van der Waals surface area contributed by atoms with Crippen molar-refractivity contribution in [3.63, 3.8) is 0 Å². The minimum Gasteiger partial charge on any atom is -0.487 e. The smallest absolute Gasteiger partial charge is 0.311 e. The molecule has 1 N–H and O–H groups in total. The lowest BCUT2D eigenvalue weighted by Gasteiger charge is -2.12. The number of nitro benzene ring substituents is 1. The van der Waals surface area contributed by atoms with Crippen LogP contribution in [0.25, 0.3) is 0 Å². The number of hydrogen-bond acceptors (Lipinski definition) is 4. The molecule has 118 valence electrons. The van der Waals surface area contributed by atoms with Crippen LogP contribution in [0.1, 0.15) is 39.7 Å². The number of nitrogens with zero attached hydrogens (tertiary/aromatic N) is 1. The summed E-state index contributed by atoms with van der Waals surface area (Å²) in [6, 6.07) is 5.18. The first-order valence-corrected chi connectivity index (χ1v) is 7.54. The van der Waals surface area contributed by atoms with Crippen LogP contribution in [-0.4, -0.2) is 18.1 Å². The lowest BCUT2D eigenvalue weighted by atomic mass is 10.1. The van der Waals surface area contributed by atoms with Gasteiger partial charge in [-0.25, -0.2) is 0 Å². The van der Waals surface area contributed by atoms with Crippen LogP contribution in [-0.2, 0) is 6.54 Å². The van der Waals surface area contributed by atoms with Crippen LogP contribution in [0.4, 0.5) is 5.69 Å². The van der Waals surface area contributed by atoms with Gasteiger partial charge in [0.05, 0.1) is 11.5 Å². The van der Waals surface area contributed by atoms with Crippen LogP contribution < -0.4 is 10.1 Å². The summed E-state index contributed by atoms with van der Waals surface area (Å²) in [7, 11) is 0. The molecule has 5 heteroatoms. The predicted octanol–water partition coefficient (Wildman–Crippen LogP) is 3.77. The molecule has 1 aromatic rings. The minimum absolute atomic E-state index is 0.0437. The normalized spacial score (nSPS) is 12.4. The molecule has 1 atom stereocenters. The van der Waals surface area contributed by atoms with E-state index in [0.29, 0.717) is 30.7 Å². The van der Waals surface area contributed by atoms with Crippen LogP contribution >= 0.6 is 0 Å². The van der Waals surface area contributed by atoms with E-state index in [0.717, 1.165) is 18.5 Å². The number of rotatable bonds is 9. The van der Waals surface area contributed by atoms with Gasteiger partial charge in [0.25, 0.3) is 0 Å². The summed E-state index contributed by atoms with van der Waals surface area (Å²) in [5.74, 6) is 1.29. The van der Waals surface area contributed by atoms with E-state index in [1.165, 1.54) is 0 Å². The van der Waals surface area contributed by atoms with Crippen molar-refractivity contribution in [3.8, 4) is 5.75 Å². The molecule has 1 aromatic carbocycles. The van der Waals surface area contributed by atoms with Gasteiger partial charge in [-0.15, -0.1) is 0 Å². The fourth-order valence-corrected chi connectivity index (χ4v) is 1.79. The summed E-state index contributed by atoms with van der Waals surface area (Å²) in [6.07, 6.45) is 0.991. The average molecular weight is 294 g/mol. The summed E-state index contributed by atoms with van der Waals surface area (Å²) < 4.78 is 5.59. The fourth-order valence-electron chi connectivity index (χ4n) is 1.79. The van der Waals surface area contributed by atoms with Crippen molar-refractivity contribution in [2.45, 2.75) is 40.7 Å². The number of nitro groups is 1. The Hall–Kier alpha value is -1.62. The Morgan fingerprint density at radius 3 is 2.62 bits per heavy atom. The standard InChI is InChI=1S/C16H26N2O3/c1-5-13(4)11-21-16-7-6-14(8-15(16)18(19)20)10-17-9-12(2)3/h6-8,12-13,17H,5,9-11H2,1-4H3. The maximum atomic E-state index is 11.2. The second-order valence-corrected chi connectivity index (χ2v) is 5.91. The van der Waals surface area contributed by atoms with E-state index in [2.05, 4.69) is 33.0 Å². The summed E-state index contributed by atoms with van der Waals surface area (Å²) in [5.41, 5.74) is 0.945. The zero-order valence-corrected chi connectivity index (χ0v) is 13.4. The van der Waals surface area contributed by atoms with Crippen LogP contribution in [0, 0.1) is 22.0 Å². The van der Waals surface area contributed by atoms with Crippen molar-refractivity contribution in [2.24, 2.45) is 11.8 Å². The largest absolute Gasteiger partial charge is 0.487 e. The van der Waals surface area contributed by atoms with Crippen LogP contribution in [0.3, 0.4) is 0 Å². The van der Waals surface area contributed by atoms with Gasteiger partial charge in [0.2, 0.25) is 0 Å². The van der Waals surface area contributed by atoms with Gasteiger partial charge in [-0.05, 0) is 30.0 Å². The molecular weight excluding hydrogens is 268 g/mol. The summed E-state index contributed by atoms with van der Waals surface area (Å²) in [4.78, 5) is 10.8. The molecule has 0 aromatic heterocycles. The molecule has 5 nitrogen and oxygen atoms in total. The van der Waals surface area contributed by atoms with Crippen molar-refractivity contribution >= 4 is 5.69 Å². The molecular formula is C16H26N2O3. The van der Waals surface area contributed by atoms with Crippen LogP contribution in [0.2, 0.25) is 0 Å². The molecule has 0 heterocycles.